The number of ether oxygens (including phenoxy) is 2. The summed E-state index contributed by atoms with van der Waals surface area (Å²) in [7, 11) is 3.48. The Morgan fingerprint density at radius 3 is 2.73 bits per heavy atom. The summed E-state index contributed by atoms with van der Waals surface area (Å²) in [5.74, 6) is 1.65. The maximum Gasteiger partial charge on any atom is 0.0944 e. The first-order valence-corrected chi connectivity index (χ1v) is 4.03. The van der Waals surface area contributed by atoms with Crippen LogP contribution < -0.4 is 0 Å². The van der Waals surface area contributed by atoms with Crippen LogP contribution in [0.4, 0.5) is 0 Å². The van der Waals surface area contributed by atoms with Gasteiger partial charge in [0.15, 0.2) is 0 Å². The van der Waals surface area contributed by atoms with Crippen LogP contribution in [0.25, 0.3) is 0 Å². The van der Waals surface area contributed by atoms with Crippen LogP contribution >= 0.6 is 0 Å². The maximum atomic E-state index is 5.27. The molecule has 0 spiro atoms. The van der Waals surface area contributed by atoms with Gasteiger partial charge >= 0.3 is 0 Å². The number of methoxy groups -OCH3 is 2. The van der Waals surface area contributed by atoms with Crippen LogP contribution in [0.3, 0.4) is 0 Å². The normalized spacial score (nSPS) is 31.4. The second kappa shape index (κ2) is 3.77. The van der Waals surface area contributed by atoms with Crippen molar-refractivity contribution in [2.75, 3.05) is 14.2 Å². The van der Waals surface area contributed by atoms with E-state index in [4.69, 9.17) is 9.47 Å². The van der Waals surface area contributed by atoms with Crippen LogP contribution in [0.2, 0.25) is 0 Å². The molecule has 0 aromatic carbocycles. The van der Waals surface area contributed by atoms with Gasteiger partial charge in [-0.05, 0) is 18.4 Å². The van der Waals surface area contributed by atoms with Gasteiger partial charge in [0, 0.05) is 13.5 Å². The third-order valence-corrected chi connectivity index (χ3v) is 2.13. The molecule has 0 bridgehead atoms. The van der Waals surface area contributed by atoms with Crippen molar-refractivity contribution < 1.29 is 9.47 Å². The molecule has 2 atom stereocenters. The molecule has 0 fully saturated rings. The standard InChI is InChI=1S/C9H16O2/c1-7-4-8(10-2)6-9(5-7)11-3/h4,7,9H,5-6H2,1-3H3. The van der Waals surface area contributed by atoms with Gasteiger partial charge in [0.05, 0.1) is 19.0 Å². The molecule has 0 saturated heterocycles. The lowest BCUT2D eigenvalue weighted by molar-refractivity contribution is 0.0651. The Bertz CT molecular complexity index is 152. The van der Waals surface area contributed by atoms with E-state index >= 15 is 0 Å². The zero-order valence-corrected chi connectivity index (χ0v) is 7.46. The van der Waals surface area contributed by atoms with E-state index < -0.39 is 0 Å². The smallest absolute Gasteiger partial charge is 0.0944 e. The number of hydrogen-bond donors (Lipinski definition) is 0. The van der Waals surface area contributed by atoms with Crippen LogP contribution in [-0.4, -0.2) is 20.3 Å². The molecule has 0 N–H and O–H groups in total. The topological polar surface area (TPSA) is 18.5 Å². The molecule has 1 aliphatic rings. The van der Waals surface area contributed by atoms with Crippen LogP contribution in [0.1, 0.15) is 19.8 Å². The first kappa shape index (κ1) is 8.60. The van der Waals surface area contributed by atoms with Crippen molar-refractivity contribution in [1.29, 1.82) is 0 Å². The summed E-state index contributed by atoms with van der Waals surface area (Å²) in [6.45, 7) is 2.18. The molecule has 0 radical (unpaired) electrons. The highest BCUT2D eigenvalue weighted by Gasteiger charge is 2.19. The van der Waals surface area contributed by atoms with Gasteiger partial charge in [-0.15, -0.1) is 0 Å². The Balaban J connectivity index is 2.54. The minimum atomic E-state index is 0.352. The summed E-state index contributed by atoms with van der Waals surface area (Å²) >= 11 is 0. The predicted octanol–water partition coefficient (Wildman–Crippen LogP) is 1.96. The molecule has 2 unspecified atom stereocenters. The lowest BCUT2D eigenvalue weighted by atomic mass is 9.94. The van der Waals surface area contributed by atoms with Crippen molar-refractivity contribution in [3.05, 3.63) is 11.8 Å². The van der Waals surface area contributed by atoms with Crippen LogP contribution in [-0.2, 0) is 9.47 Å². The van der Waals surface area contributed by atoms with Crippen LogP contribution in [0.15, 0.2) is 11.8 Å². The van der Waals surface area contributed by atoms with Gasteiger partial charge in [-0.2, -0.15) is 0 Å². The lowest BCUT2D eigenvalue weighted by Crippen LogP contribution is -2.20. The zero-order valence-electron chi connectivity index (χ0n) is 7.46. The Morgan fingerprint density at radius 1 is 1.45 bits per heavy atom. The van der Waals surface area contributed by atoms with E-state index in [1.54, 1.807) is 14.2 Å². The largest absolute Gasteiger partial charge is 0.501 e. The number of hydrogen-bond acceptors (Lipinski definition) is 2. The third-order valence-electron chi connectivity index (χ3n) is 2.13. The summed E-state index contributed by atoms with van der Waals surface area (Å²) in [6.07, 6.45) is 4.57. The zero-order chi connectivity index (χ0) is 8.27. The Hall–Kier alpha value is -0.500. The molecule has 11 heavy (non-hydrogen) atoms. The molecule has 2 heteroatoms. The quantitative estimate of drug-likeness (QED) is 0.608. The van der Waals surface area contributed by atoms with Gasteiger partial charge < -0.3 is 9.47 Å². The van der Waals surface area contributed by atoms with E-state index in [0.29, 0.717) is 12.0 Å². The Labute approximate surface area is 68.2 Å². The average Bonchev–Trinajstić information content (AvgIpc) is 2.03. The Morgan fingerprint density at radius 2 is 2.18 bits per heavy atom. The first-order chi connectivity index (χ1) is 5.26. The minimum Gasteiger partial charge on any atom is -0.501 e. The van der Waals surface area contributed by atoms with Gasteiger partial charge in [-0.1, -0.05) is 6.92 Å². The van der Waals surface area contributed by atoms with Crippen LogP contribution in [0.5, 0.6) is 0 Å². The molecule has 1 rings (SSSR count). The van der Waals surface area contributed by atoms with Gasteiger partial charge in [0.25, 0.3) is 0 Å². The average molecular weight is 156 g/mol. The molecule has 64 valence electrons. The summed E-state index contributed by atoms with van der Waals surface area (Å²) in [5.41, 5.74) is 0. The predicted molar refractivity (Wildman–Crippen MR) is 44.3 cm³/mol. The van der Waals surface area contributed by atoms with Gasteiger partial charge in [-0.3, -0.25) is 0 Å². The molecule has 0 heterocycles. The summed E-state index contributed by atoms with van der Waals surface area (Å²) in [6, 6.07) is 0. The second-order valence-corrected chi connectivity index (χ2v) is 3.11. The third kappa shape index (κ3) is 2.22. The number of rotatable bonds is 2. The fraction of sp³-hybridized carbons (Fsp3) is 0.778. The summed E-state index contributed by atoms with van der Waals surface area (Å²) in [5, 5.41) is 0. The summed E-state index contributed by atoms with van der Waals surface area (Å²) in [4.78, 5) is 0. The SMILES string of the molecule is COC1=CC(C)CC(OC)C1. The summed E-state index contributed by atoms with van der Waals surface area (Å²) < 4.78 is 10.4. The highest BCUT2D eigenvalue weighted by atomic mass is 16.5. The molecule has 2 nitrogen and oxygen atoms in total. The monoisotopic (exact) mass is 156 g/mol. The van der Waals surface area contributed by atoms with Crippen molar-refractivity contribution in [1.82, 2.24) is 0 Å². The van der Waals surface area contributed by atoms with E-state index in [2.05, 4.69) is 13.0 Å². The maximum absolute atomic E-state index is 5.27. The van der Waals surface area contributed by atoms with Crippen molar-refractivity contribution in [3.8, 4) is 0 Å². The minimum absolute atomic E-state index is 0.352. The van der Waals surface area contributed by atoms with E-state index in [-0.39, 0.29) is 0 Å². The molecule has 0 aliphatic heterocycles. The van der Waals surface area contributed by atoms with Crippen molar-refractivity contribution >= 4 is 0 Å². The van der Waals surface area contributed by atoms with Crippen molar-refractivity contribution in [2.24, 2.45) is 5.92 Å². The van der Waals surface area contributed by atoms with Crippen molar-refractivity contribution in [3.63, 3.8) is 0 Å². The van der Waals surface area contributed by atoms with E-state index in [1.807, 2.05) is 0 Å². The molecule has 0 aromatic heterocycles. The first-order valence-electron chi connectivity index (χ1n) is 4.03. The Kier molecular flexibility index (Phi) is 2.94. The van der Waals surface area contributed by atoms with Gasteiger partial charge in [-0.25, -0.2) is 0 Å². The van der Waals surface area contributed by atoms with Gasteiger partial charge in [0.2, 0.25) is 0 Å². The molecule has 0 saturated carbocycles. The molecule has 0 amide bonds. The van der Waals surface area contributed by atoms with Crippen LogP contribution in [0, 0.1) is 5.92 Å². The fourth-order valence-corrected chi connectivity index (χ4v) is 1.51. The van der Waals surface area contributed by atoms with Gasteiger partial charge in [0.1, 0.15) is 0 Å². The fourth-order valence-electron chi connectivity index (χ4n) is 1.51. The molecule has 1 aliphatic carbocycles. The van der Waals surface area contributed by atoms with E-state index in [9.17, 15) is 0 Å². The lowest BCUT2D eigenvalue weighted by Gasteiger charge is -2.24. The number of allylic oxidation sites excluding steroid dienone is 1. The second-order valence-electron chi connectivity index (χ2n) is 3.11. The molecular formula is C9H16O2. The van der Waals surface area contributed by atoms with E-state index in [1.165, 1.54) is 0 Å². The van der Waals surface area contributed by atoms with Crippen molar-refractivity contribution in [2.45, 2.75) is 25.9 Å². The molecule has 0 aromatic rings. The highest BCUT2D eigenvalue weighted by Crippen LogP contribution is 2.24. The van der Waals surface area contributed by atoms with E-state index in [0.717, 1.165) is 18.6 Å². The molecular weight excluding hydrogens is 140 g/mol. The highest BCUT2D eigenvalue weighted by molar-refractivity contribution is 5.02.